The highest BCUT2D eigenvalue weighted by Gasteiger charge is 2.20. The second-order valence-electron chi connectivity index (χ2n) is 5.30. The topological polar surface area (TPSA) is 44.0 Å². The van der Waals surface area contributed by atoms with Gasteiger partial charge in [-0.25, -0.2) is 9.37 Å². The molecule has 1 aliphatic heterocycles. The van der Waals surface area contributed by atoms with E-state index >= 15 is 0 Å². The Labute approximate surface area is 118 Å². The van der Waals surface area contributed by atoms with Crippen molar-refractivity contribution in [2.24, 2.45) is 0 Å². The zero-order valence-corrected chi connectivity index (χ0v) is 11.3. The highest BCUT2D eigenvalue weighted by atomic mass is 19.1. The Balaban J connectivity index is 1.56. The van der Waals surface area contributed by atoms with Crippen LogP contribution in [0.5, 0.6) is 0 Å². The molecule has 2 heterocycles. The zero-order chi connectivity index (χ0) is 13.8. The molecular formula is C15H19FN4. The van der Waals surface area contributed by atoms with Crippen molar-refractivity contribution in [3.8, 4) is 0 Å². The maximum absolute atomic E-state index is 12.9. The van der Waals surface area contributed by atoms with Crippen LogP contribution in [-0.4, -0.2) is 34.0 Å². The maximum atomic E-state index is 12.9. The smallest absolute Gasteiger partial charge is 0.123 e. The summed E-state index contributed by atoms with van der Waals surface area (Å²) in [7, 11) is 0. The van der Waals surface area contributed by atoms with Gasteiger partial charge in [-0.2, -0.15) is 0 Å². The molecule has 1 fully saturated rings. The van der Waals surface area contributed by atoms with E-state index in [4.69, 9.17) is 0 Å². The van der Waals surface area contributed by atoms with E-state index in [1.54, 1.807) is 18.5 Å². The Kier molecular flexibility index (Phi) is 3.97. The molecule has 1 aromatic heterocycles. The molecule has 0 amide bonds. The van der Waals surface area contributed by atoms with Crippen molar-refractivity contribution >= 4 is 5.69 Å². The summed E-state index contributed by atoms with van der Waals surface area (Å²) in [5, 5.41) is 3.48. The lowest BCUT2D eigenvalue weighted by atomic mass is 10.1. The van der Waals surface area contributed by atoms with E-state index in [-0.39, 0.29) is 5.82 Å². The van der Waals surface area contributed by atoms with Crippen molar-refractivity contribution in [3.05, 3.63) is 48.3 Å². The molecule has 4 nitrogen and oxygen atoms in total. The molecule has 0 radical (unpaired) electrons. The molecule has 1 saturated heterocycles. The molecule has 1 atom stereocenters. The van der Waals surface area contributed by atoms with Crippen LogP contribution in [-0.2, 0) is 6.54 Å². The fraction of sp³-hybridized carbons (Fsp3) is 0.400. The summed E-state index contributed by atoms with van der Waals surface area (Å²) in [5.41, 5.74) is 2.13. The first-order valence-electron chi connectivity index (χ1n) is 7.01. The van der Waals surface area contributed by atoms with Gasteiger partial charge in [0.1, 0.15) is 5.82 Å². The quantitative estimate of drug-likeness (QED) is 0.900. The van der Waals surface area contributed by atoms with Gasteiger partial charge in [-0.1, -0.05) is 0 Å². The number of imidazole rings is 1. The number of aromatic amines is 1. The van der Waals surface area contributed by atoms with Crippen LogP contribution in [0.15, 0.2) is 36.8 Å². The van der Waals surface area contributed by atoms with Crippen LogP contribution < -0.4 is 5.32 Å². The molecule has 0 spiro atoms. The normalized spacial score (nSPS) is 19.9. The molecule has 0 bridgehead atoms. The Morgan fingerprint density at radius 3 is 2.95 bits per heavy atom. The zero-order valence-electron chi connectivity index (χ0n) is 11.3. The summed E-state index contributed by atoms with van der Waals surface area (Å²) in [6.45, 7) is 3.01. The summed E-state index contributed by atoms with van der Waals surface area (Å²) in [6.07, 6.45) is 5.91. The number of nitrogens with zero attached hydrogens (tertiary/aromatic N) is 2. The number of piperidine rings is 1. The Morgan fingerprint density at radius 2 is 2.20 bits per heavy atom. The number of likely N-dealkylation sites (tertiary alicyclic amines) is 1. The molecule has 1 aliphatic rings. The molecule has 0 unspecified atom stereocenters. The van der Waals surface area contributed by atoms with Gasteiger partial charge in [-0.05, 0) is 43.7 Å². The number of nitrogens with one attached hydrogen (secondary N) is 2. The van der Waals surface area contributed by atoms with Crippen LogP contribution in [0.3, 0.4) is 0 Å². The monoisotopic (exact) mass is 274 g/mol. The summed E-state index contributed by atoms with van der Waals surface area (Å²) >= 11 is 0. The molecule has 2 N–H and O–H groups in total. The molecule has 3 rings (SSSR count). The van der Waals surface area contributed by atoms with E-state index in [1.807, 2.05) is 6.20 Å². The standard InChI is InChI=1S/C15H19FN4/c16-12-3-5-13(6-4-12)19-14-2-1-7-20(9-14)10-15-8-17-11-18-15/h3-6,8,11,14,19H,1-2,7,9-10H2,(H,17,18)/t14-/m1/s1. The molecule has 1 aromatic carbocycles. The van der Waals surface area contributed by atoms with Crippen LogP contribution in [0, 0.1) is 5.82 Å². The highest BCUT2D eigenvalue weighted by Crippen LogP contribution is 2.17. The number of halogens is 1. The van der Waals surface area contributed by atoms with Gasteiger partial charge in [-0.15, -0.1) is 0 Å². The molecule has 0 aliphatic carbocycles. The first-order chi connectivity index (χ1) is 9.79. The molecular weight excluding hydrogens is 255 g/mol. The third kappa shape index (κ3) is 3.36. The molecule has 0 saturated carbocycles. The number of rotatable bonds is 4. The van der Waals surface area contributed by atoms with Crippen molar-refractivity contribution in [3.63, 3.8) is 0 Å². The van der Waals surface area contributed by atoms with Gasteiger partial charge in [0.25, 0.3) is 0 Å². The molecule has 2 aromatic rings. The van der Waals surface area contributed by atoms with Gasteiger partial charge in [-0.3, -0.25) is 4.90 Å². The highest BCUT2D eigenvalue weighted by molar-refractivity contribution is 5.43. The molecule has 5 heteroatoms. The van der Waals surface area contributed by atoms with Gasteiger partial charge in [0.15, 0.2) is 0 Å². The third-order valence-electron chi connectivity index (χ3n) is 3.67. The summed E-state index contributed by atoms with van der Waals surface area (Å²) < 4.78 is 12.9. The number of aromatic nitrogens is 2. The van der Waals surface area contributed by atoms with Gasteiger partial charge in [0.05, 0.1) is 6.33 Å². The predicted octanol–water partition coefficient (Wildman–Crippen LogP) is 2.63. The number of benzene rings is 1. The second-order valence-corrected chi connectivity index (χ2v) is 5.30. The number of hydrogen-bond acceptors (Lipinski definition) is 3. The van der Waals surface area contributed by atoms with E-state index in [0.717, 1.165) is 37.4 Å². The van der Waals surface area contributed by atoms with E-state index in [0.29, 0.717) is 6.04 Å². The summed E-state index contributed by atoms with van der Waals surface area (Å²) in [6, 6.07) is 6.99. The van der Waals surface area contributed by atoms with Crippen molar-refractivity contribution in [2.45, 2.75) is 25.4 Å². The maximum Gasteiger partial charge on any atom is 0.123 e. The average Bonchev–Trinajstić information content (AvgIpc) is 2.95. The minimum absolute atomic E-state index is 0.194. The fourth-order valence-corrected chi connectivity index (χ4v) is 2.71. The predicted molar refractivity (Wildman–Crippen MR) is 76.9 cm³/mol. The fourth-order valence-electron chi connectivity index (χ4n) is 2.71. The third-order valence-corrected chi connectivity index (χ3v) is 3.67. The number of anilines is 1. The van der Waals surface area contributed by atoms with Crippen molar-refractivity contribution in [2.75, 3.05) is 18.4 Å². The van der Waals surface area contributed by atoms with E-state index in [1.165, 1.54) is 18.6 Å². The van der Waals surface area contributed by atoms with Crippen LogP contribution >= 0.6 is 0 Å². The Morgan fingerprint density at radius 1 is 1.35 bits per heavy atom. The lowest BCUT2D eigenvalue weighted by Crippen LogP contribution is -2.41. The Hall–Kier alpha value is -1.88. The lowest BCUT2D eigenvalue weighted by Gasteiger charge is -2.33. The van der Waals surface area contributed by atoms with Gasteiger partial charge in [0, 0.05) is 36.7 Å². The second kappa shape index (κ2) is 6.05. The van der Waals surface area contributed by atoms with E-state index < -0.39 is 0 Å². The van der Waals surface area contributed by atoms with Crippen molar-refractivity contribution in [1.29, 1.82) is 0 Å². The van der Waals surface area contributed by atoms with Crippen LogP contribution in [0.2, 0.25) is 0 Å². The molecule has 106 valence electrons. The Bertz CT molecular complexity index is 523. The first-order valence-corrected chi connectivity index (χ1v) is 7.01. The minimum atomic E-state index is -0.194. The van der Waals surface area contributed by atoms with Crippen molar-refractivity contribution < 1.29 is 4.39 Å². The average molecular weight is 274 g/mol. The largest absolute Gasteiger partial charge is 0.381 e. The van der Waals surface area contributed by atoms with Crippen LogP contribution in [0.1, 0.15) is 18.5 Å². The van der Waals surface area contributed by atoms with Gasteiger partial charge >= 0.3 is 0 Å². The van der Waals surface area contributed by atoms with Gasteiger partial charge < -0.3 is 10.3 Å². The van der Waals surface area contributed by atoms with Crippen LogP contribution in [0.25, 0.3) is 0 Å². The molecule has 20 heavy (non-hydrogen) atoms. The number of hydrogen-bond donors (Lipinski definition) is 2. The van der Waals surface area contributed by atoms with Gasteiger partial charge in [0.2, 0.25) is 0 Å². The lowest BCUT2D eigenvalue weighted by molar-refractivity contribution is 0.206. The van der Waals surface area contributed by atoms with E-state index in [9.17, 15) is 4.39 Å². The van der Waals surface area contributed by atoms with Crippen LogP contribution in [0.4, 0.5) is 10.1 Å². The SMILES string of the molecule is Fc1ccc(N[C@@H]2CCCN(Cc3cnc[nH]3)C2)cc1. The van der Waals surface area contributed by atoms with Crippen molar-refractivity contribution in [1.82, 2.24) is 14.9 Å². The van der Waals surface area contributed by atoms with E-state index in [2.05, 4.69) is 20.2 Å². The summed E-state index contributed by atoms with van der Waals surface area (Å²) in [5.74, 6) is -0.194. The summed E-state index contributed by atoms with van der Waals surface area (Å²) in [4.78, 5) is 9.60. The number of H-pyrrole nitrogens is 1. The minimum Gasteiger partial charge on any atom is -0.381 e. The first kappa shape index (κ1) is 13.1.